The fourth-order valence-corrected chi connectivity index (χ4v) is 2.79. The summed E-state index contributed by atoms with van der Waals surface area (Å²) < 4.78 is 10.5. The Morgan fingerprint density at radius 2 is 1.54 bits per heavy atom. The molecule has 0 aliphatic carbocycles. The van der Waals surface area contributed by atoms with Crippen LogP contribution >= 0.6 is 0 Å². The van der Waals surface area contributed by atoms with Gasteiger partial charge in [-0.2, -0.15) is 0 Å². The first-order valence-corrected chi connectivity index (χ1v) is 8.29. The molecule has 0 saturated heterocycles. The molecule has 26 heavy (non-hydrogen) atoms. The molecular weight excluding hydrogens is 332 g/mol. The van der Waals surface area contributed by atoms with E-state index in [9.17, 15) is 14.4 Å². The zero-order valence-corrected chi connectivity index (χ0v) is 15.1. The van der Waals surface area contributed by atoms with Crippen molar-refractivity contribution in [1.82, 2.24) is 0 Å². The summed E-state index contributed by atoms with van der Waals surface area (Å²) in [5, 5.41) is 0. The Balaban J connectivity index is 2.20. The van der Waals surface area contributed by atoms with Crippen LogP contribution in [0.1, 0.15) is 42.7 Å². The predicted molar refractivity (Wildman–Crippen MR) is 96.5 cm³/mol. The van der Waals surface area contributed by atoms with Crippen LogP contribution in [0.2, 0.25) is 0 Å². The number of ketones is 2. The monoisotopic (exact) mass is 354 g/mol. The van der Waals surface area contributed by atoms with E-state index >= 15 is 0 Å². The smallest absolute Gasteiger partial charge is 0.303 e. The van der Waals surface area contributed by atoms with Crippen LogP contribution in [0.25, 0.3) is 0 Å². The molecule has 0 N–H and O–H groups in total. The Kier molecular flexibility index (Phi) is 6.81. The van der Waals surface area contributed by atoms with Crippen LogP contribution in [-0.4, -0.2) is 24.6 Å². The van der Waals surface area contributed by atoms with Crippen molar-refractivity contribution in [3.05, 3.63) is 71.3 Å². The summed E-state index contributed by atoms with van der Waals surface area (Å²) in [6, 6.07) is 16.2. The molecule has 0 heterocycles. The lowest BCUT2D eigenvalue weighted by atomic mass is 9.97. The van der Waals surface area contributed by atoms with Crippen molar-refractivity contribution < 1.29 is 23.9 Å². The fraction of sp³-hybridized carbons (Fsp3) is 0.286. The number of hydrogen-bond donors (Lipinski definition) is 0. The molecule has 0 aliphatic heterocycles. The Morgan fingerprint density at radius 3 is 2.12 bits per heavy atom. The van der Waals surface area contributed by atoms with Gasteiger partial charge in [0, 0.05) is 26.0 Å². The summed E-state index contributed by atoms with van der Waals surface area (Å²) in [4.78, 5) is 35.7. The van der Waals surface area contributed by atoms with Gasteiger partial charge < -0.3 is 9.47 Å². The zero-order chi connectivity index (χ0) is 19.1. The minimum absolute atomic E-state index is 0.0947. The molecule has 2 aromatic carbocycles. The molecule has 2 rings (SSSR count). The minimum atomic E-state index is -0.963. The van der Waals surface area contributed by atoms with Crippen LogP contribution in [-0.2, 0) is 30.3 Å². The predicted octanol–water partition coefficient (Wildman–Crippen LogP) is 3.38. The summed E-state index contributed by atoms with van der Waals surface area (Å²) >= 11 is 0. The average molecular weight is 354 g/mol. The third-order valence-corrected chi connectivity index (χ3v) is 3.92. The van der Waals surface area contributed by atoms with Gasteiger partial charge in [-0.1, -0.05) is 54.6 Å². The van der Waals surface area contributed by atoms with Crippen LogP contribution < -0.4 is 0 Å². The molecule has 0 saturated carbocycles. The van der Waals surface area contributed by atoms with Gasteiger partial charge in [-0.3, -0.25) is 14.4 Å². The SMILES string of the molecule is CO[C@@H](C(=O)Cc1cccc([C@@H](OC(C)=O)C(C)=O)c1)c1ccccc1. The Labute approximate surface area is 152 Å². The van der Waals surface area contributed by atoms with E-state index < -0.39 is 18.2 Å². The number of hydrogen-bond acceptors (Lipinski definition) is 5. The van der Waals surface area contributed by atoms with E-state index in [-0.39, 0.29) is 18.0 Å². The number of methoxy groups -OCH3 is 1. The van der Waals surface area contributed by atoms with Crippen molar-refractivity contribution in [1.29, 1.82) is 0 Å². The Morgan fingerprint density at radius 1 is 0.885 bits per heavy atom. The second kappa shape index (κ2) is 9.06. The van der Waals surface area contributed by atoms with E-state index in [0.29, 0.717) is 5.56 Å². The van der Waals surface area contributed by atoms with Gasteiger partial charge in [0.25, 0.3) is 0 Å². The highest BCUT2D eigenvalue weighted by atomic mass is 16.5. The van der Waals surface area contributed by atoms with Gasteiger partial charge in [-0.05, 0) is 18.1 Å². The highest BCUT2D eigenvalue weighted by Gasteiger charge is 2.23. The van der Waals surface area contributed by atoms with Crippen molar-refractivity contribution in [2.45, 2.75) is 32.5 Å². The van der Waals surface area contributed by atoms with E-state index in [0.717, 1.165) is 11.1 Å². The number of rotatable bonds is 8. The van der Waals surface area contributed by atoms with Crippen molar-refractivity contribution in [2.24, 2.45) is 0 Å². The number of esters is 1. The summed E-state index contributed by atoms with van der Waals surface area (Å²) in [7, 11) is 1.50. The van der Waals surface area contributed by atoms with Gasteiger partial charge >= 0.3 is 5.97 Å². The van der Waals surface area contributed by atoms with E-state index in [1.807, 2.05) is 30.3 Å². The summed E-state index contributed by atoms with van der Waals surface area (Å²) in [6.07, 6.45) is -1.47. The number of Topliss-reactive ketones (excluding diaryl/α,β-unsaturated/α-hetero) is 2. The van der Waals surface area contributed by atoms with Crippen LogP contribution in [0.15, 0.2) is 54.6 Å². The average Bonchev–Trinajstić information content (AvgIpc) is 2.61. The van der Waals surface area contributed by atoms with E-state index in [1.165, 1.54) is 21.0 Å². The molecule has 0 fully saturated rings. The van der Waals surface area contributed by atoms with Gasteiger partial charge in [0.15, 0.2) is 17.7 Å². The molecule has 0 spiro atoms. The number of ether oxygens (including phenoxy) is 2. The van der Waals surface area contributed by atoms with E-state index in [4.69, 9.17) is 9.47 Å². The largest absolute Gasteiger partial charge is 0.450 e. The van der Waals surface area contributed by atoms with Gasteiger partial charge in [0.2, 0.25) is 0 Å². The third kappa shape index (κ3) is 5.10. The third-order valence-electron chi connectivity index (χ3n) is 3.92. The highest BCUT2D eigenvalue weighted by Crippen LogP contribution is 2.23. The molecule has 0 radical (unpaired) electrons. The number of carbonyl (C=O) groups is 3. The lowest BCUT2D eigenvalue weighted by molar-refractivity contribution is -0.152. The van der Waals surface area contributed by atoms with Gasteiger partial charge in [-0.25, -0.2) is 0 Å². The summed E-state index contributed by atoms with van der Waals surface area (Å²) in [5.74, 6) is -0.902. The number of carbonyl (C=O) groups excluding carboxylic acids is 3. The zero-order valence-electron chi connectivity index (χ0n) is 15.1. The van der Waals surface area contributed by atoms with E-state index in [2.05, 4.69) is 0 Å². The molecule has 0 unspecified atom stereocenters. The topological polar surface area (TPSA) is 69.7 Å². The minimum Gasteiger partial charge on any atom is -0.450 e. The maximum atomic E-state index is 12.7. The maximum Gasteiger partial charge on any atom is 0.303 e. The van der Waals surface area contributed by atoms with Crippen LogP contribution in [0.3, 0.4) is 0 Å². The maximum absolute atomic E-state index is 12.7. The van der Waals surface area contributed by atoms with Crippen molar-refractivity contribution in [2.75, 3.05) is 7.11 Å². The van der Waals surface area contributed by atoms with Crippen molar-refractivity contribution in [3.63, 3.8) is 0 Å². The molecule has 136 valence electrons. The van der Waals surface area contributed by atoms with Crippen LogP contribution in [0, 0.1) is 0 Å². The number of benzene rings is 2. The molecule has 0 amide bonds. The lowest BCUT2D eigenvalue weighted by Gasteiger charge is -2.17. The molecule has 2 aromatic rings. The molecule has 2 atom stereocenters. The highest BCUT2D eigenvalue weighted by molar-refractivity contribution is 5.87. The van der Waals surface area contributed by atoms with Crippen LogP contribution in [0.4, 0.5) is 0 Å². The molecule has 5 nitrogen and oxygen atoms in total. The summed E-state index contributed by atoms with van der Waals surface area (Å²) in [5.41, 5.74) is 2.06. The first-order chi connectivity index (χ1) is 12.4. The second-order valence-corrected chi connectivity index (χ2v) is 6.01. The second-order valence-electron chi connectivity index (χ2n) is 6.01. The summed E-state index contributed by atoms with van der Waals surface area (Å²) in [6.45, 7) is 2.62. The lowest BCUT2D eigenvalue weighted by Crippen LogP contribution is -2.18. The molecule has 0 aliphatic rings. The molecule has 0 aromatic heterocycles. The Hall–Kier alpha value is -2.79. The molecule has 5 heteroatoms. The molecule has 0 bridgehead atoms. The van der Waals surface area contributed by atoms with Gasteiger partial charge in [0.05, 0.1) is 0 Å². The quantitative estimate of drug-likeness (QED) is 0.680. The van der Waals surface area contributed by atoms with Crippen molar-refractivity contribution >= 4 is 17.5 Å². The fourth-order valence-electron chi connectivity index (χ4n) is 2.79. The first-order valence-electron chi connectivity index (χ1n) is 8.29. The molecular formula is C21H22O5. The Bertz CT molecular complexity index is 782. The first kappa shape index (κ1) is 19.5. The van der Waals surface area contributed by atoms with Gasteiger partial charge in [-0.15, -0.1) is 0 Å². The standard InChI is InChI=1S/C21H22O5/c1-14(22)20(26-15(2)23)18-11-7-8-16(12-18)13-19(24)21(25-3)17-9-5-4-6-10-17/h4-12,20-21H,13H2,1-3H3/t20-,21+/m0/s1. The normalized spacial score (nSPS) is 12.9. The van der Waals surface area contributed by atoms with Crippen molar-refractivity contribution in [3.8, 4) is 0 Å². The van der Waals surface area contributed by atoms with Crippen LogP contribution in [0.5, 0.6) is 0 Å². The van der Waals surface area contributed by atoms with Gasteiger partial charge in [0.1, 0.15) is 6.10 Å². The van der Waals surface area contributed by atoms with E-state index in [1.54, 1.807) is 24.3 Å².